The standard InChI is InChI=1S/C23H22N8/c1-14(2)30-13-25-28-23(30)17-8-9-20-19(11-17)21(27-26-20)16-4-3-5-18(10-16)31-12-24-22(29-31)15-6-7-15/h3-5,8-15H,6-7H2,1-2H3,(H,26,27). The molecule has 1 aliphatic carbocycles. The van der Waals surface area contributed by atoms with Crippen molar-refractivity contribution in [3.8, 4) is 28.3 Å². The first-order valence-electron chi connectivity index (χ1n) is 10.6. The summed E-state index contributed by atoms with van der Waals surface area (Å²) < 4.78 is 3.92. The lowest BCUT2D eigenvalue weighted by molar-refractivity contribution is 0.604. The van der Waals surface area contributed by atoms with Gasteiger partial charge in [-0.1, -0.05) is 12.1 Å². The van der Waals surface area contributed by atoms with Crippen LogP contribution in [0.3, 0.4) is 0 Å². The molecule has 0 aliphatic heterocycles. The normalized spacial score (nSPS) is 14.0. The first-order valence-corrected chi connectivity index (χ1v) is 10.6. The maximum Gasteiger partial charge on any atom is 0.164 e. The van der Waals surface area contributed by atoms with Gasteiger partial charge < -0.3 is 4.57 Å². The van der Waals surface area contributed by atoms with Gasteiger partial charge in [-0.25, -0.2) is 9.67 Å². The van der Waals surface area contributed by atoms with E-state index in [0.29, 0.717) is 5.92 Å². The van der Waals surface area contributed by atoms with E-state index in [4.69, 9.17) is 0 Å². The molecule has 0 spiro atoms. The molecule has 1 N–H and O–H groups in total. The third kappa shape index (κ3) is 3.11. The minimum Gasteiger partial charge on any atom is -0.311 e. The van der Waals surface area contributed by atoms with Crippen molar-refractivity contribution >= 4 is 10.9 Å². The molecule has 1 saturated carbocycles. The molecule has 0 radical (unpaired) electrons. The van der Waals surface area contributed by atoms with Crippen molar-refractivity contribution < 1.29 is 0 Å². The van der Waals surface area contributed by atoms with Gasteiger partial charge in [-0.05, 0) is 57.0 Å². The van der Waals surface area contributed by atoms with Crippen molar-refractivity contribution in [1.29, 1.82) is 0 Å². The van der Waals surface area contributed by atoms with Gasteiger partial charge in [0.15, 0.2) is 11.6 Å². The zero-order valence-corrected chi connectivity index (χ0v) is 17.4. The molecule has 3 heterocycles. The summed E-state index contributed by atoms with van der Waals surface area (Å²) in [5.41, 5.74) is 4.90. The van der Waals surface area contributed by atoms with Gasteiger partial charge in [-0.2, -0.15) is 10.2 Å². The Morgan fingerprint density at radius 3 is 2.77 bits per heavy atom. The first-order chi connectivity index (χ1) is 15.2. The van der Waals surface area contributed by atoms with Gasteiger partial charge in [0.05, 0.1) is 16.9 Å². The van der Waals surface area contributed by atoms with E-state index < -0.39 is 0 Å². The SMILES string of the molecule is CC(C)n1cnnc1-c1ccc2[nH]nc(-c3cccc(-n4cnc(C5CC5)n4)c3)c2c1. The third-order valence-corrected chi connectivity index (χ3v) is 5.79. The van der Waals surface area contributed by atoms with Crippen LogP contribution in [0.25, 0.3) is 39.2 Å². The zero-order valence-electron chi connectivity index (χ0n) is 17.4. The molecule has 0 saturated heterocycles. The zero-order chi connectivity index (χ0) is 20.9. The predicted molar refractivity (Wildman–Crippen MR) is 118 cm³/mol. The van der Waals surface area contributed by atoms with Gasteiger partial charge in [-0.15, -0.1) is 10.2 Å². The largest absolute Gasteiger partial charge is 0.311 e. The van der Waals surface area contributed by atoms with E-state index >= 15 is 0 Å². The van der Waals surface area contributed by atoms with Gasteiger partial charge in [0.2, 0.25) is 0 Å². The van der Waals surface area contributed by atoms with E-state index in [9.17, 15) is 0 Å². The molecule has 31 heavy (non-hydrogen) atoms. The molecule has 0 unspecified atom stereocenters. The number of H-pyrrole nitrogens is 1. The van der Waals surface area contributed by atoms with E-state index in [1.54, 1.807) is 12.7 Å². The number of nitrogens with zero attached hydrogens (tertiary/aromatic N) is 7. The molecule has 6 rings (SSSR count). The van der Waals surface area contributed by atoms with Crippen LogP contribution in [0.15, 0.2) is 55.1 Å². The van der Waals surface area contributed by atoms with Crippen LogP contribution in [0, 0.1) is 0 Å². The minimum absolute atomic E-state index is 0.282. The molecule has 5 aromatic rings. The van der Waals surface area contributed by atoms with Crippen molar-refractivity contribution in [1.82, 2.24) is 39.7 Å². The Labute approximate surface area is 179 Å². The highest BCUT2D eigenvalue weighted by molar-refractivity contribution is 5.95. The van der Waals surface area contributed by atoms with Crippen LogP contribution in [-0.4, -0.2) is 39.7 Å². The number of fused-ring (bicyclic) bond motifs is 1. The van der Waals surface area contributed by atoms with Gasteiger partial charge >= 0.3 is 0 Å². The average molecular weight is 410 g/mol. The molecular weight excluding hydrogens is 388 g/mol. The highest BCUT2D eigenvalue weighted by Gasteiger charge is 2.27. The fraction of sp³-hybridized carbons (Fsp3) is 0.261. The summed E-state index contributed by atoms with van der Waals surface area (Å²) in [6, 6.07) is 14.8. The number of rotatable bonds is 5. The average Bonchev–Trinajstić information content (AvgIpc) is 3.21. The van der Waals surface area contributed by atoms with Crippen LogP contribution in [0.1, 0.15) is 44.5 Å². The molecule has 2 aromatic carbocycles. The molecule has 0 bridgehead atoms. The molecule has 1 fully saturated rings. The molecule has 3 aromatic heterocycles. The maximum atomic E-state index is 4.66. The van der Waals surface area contributed by atoms with Crippen LogP contribution < -0.4 is 0 Å². The van der Waals surface area contributed by atoms with E-state index in [2.05, 4.69) is 73.2 Å². The van der Waals surface area contributed by atoms with E-state index in [1.165, 1.54) is 12.8 Å². The first kappa shape index (κ1) is 18.0. The highest BCUT2D eigenvalue weighted by atomic mass is 15.3. The molecular formula is C23H22N8. The third-order valence-electron chi connectivity index (χ3n) is 5.79. The van der Waals surface area contributed by atoms with Crippen molar-refractivity contribution in [2.45, 2.75) is 38.6 Å². The summed E-state index contributed by atoms with van der Waals surface area (Å²) in [6.07, 6.45) is 5.96. The maximum absolute atomic E-state index is 4.66. The fourth-order valence-electron chi connectivity index (χ4n) is 3.92. The summed E-state index contributed by atoms with van der Waals surface area (Å²) in [6.45, 7) is 4.25. The predicted octanol–water partition coefficient (Wildman–Crippen LogP) is 4.53. The van der Waals surface area contributed by atoms with Crippen molar-refractivity contribution in [2.24, 2.45) is 0 Å². The molecule has 8 heteroatoms. The molecule has 8 nitrogen and oxygen atoms in total. The second-order valence-electron chi connectivity index (χ2n) is 8.36. The quantitative estimate of drug-likeness (QED) is 0.460. The van der Waals surface area contributed by atoms with E-state index in [-0.39, 0.29) is 6.04 Å². The van der Waals surface area contributed by atoms with Crippen LogP contribution in [0.2, 0.25) is 0 Å². The smallest absolute Gasteiger partial charge is 0.164 e. The van der Waals surface area contributed by atoms with Gasteiger partial charge in [0.25, 0.3) is 0 Å². The summed E-state index contributed by atoms with van der Waals surface area (Å²) in [4.78, 5) is 4.47. The Morgan fingerprint density at radius 1 is 1.03 bits per heavy atom. The van der Waals surface area contributed by atoms with Crippen LogP contribution in [0.5, 0.6) is 0 Å². The Kier molecular flexibility index (Phi) is 3.99. The second-order valence-corrected chi connectivity index (χ2v) is 8.36. The number of hydrogen-bond donors (Lipinski definition) is 1. The fourth-order valence-corrected chi connectivity index (χ4v) is 3.92. The number of aromatic nitrogens is 8. The lowest BCUT2D eigenvalue weighted by Crippen LogP contribution is -2.01. The summed E-state index contributed by atoms with van der Waals surface area (Å²) in [5.74, 6) is 2.33. The van der Waals surface area contributed by atoms with E-state index in [0.717, 1.165) is 45.1 Å². The lowest BCUT2D eigenvalue weighted by atomic mass is 10.0. The van der Waals surface area contributed by atoms with Gasteiger partial charge in [0.1, 0.15) is 12.7 Å². The molecule has 0 atom stereocenters. The number of hydrogen-bond acceptors (Lipinski definition) is 5. The Bertz CT molecular complexity index is 1390. The van der Waals surface area contributed by atoms with Crippen LogP contribution in [0.4, 0.5) is 0 Å². The molecule has 1 aliphatic rings. The molecule has 0 amide bonds. The molecule has 154 valence electrons. The summed E-state index contributed by atoms with van der Waals surface area (Å²) in [7, 11) is 0. The second kappa shape index (κ2) is 6.87. The van der Waals surface area contributed by atoms with Crippen LogP contribution >= 0.6 is 0 Å². The van der Waals surface area contributed by atoms with Gasteiger partial charge in [0, 0.05) is 28.5 Å². The van der Waals surface area contributed by atoms with Crippen molar-refractivity contribution in [2.75, 3.05) is 0 Å². The highest BCUT2D eigenvalue weighted by Crippen LogP contribution is 2.38. The van der Waals surface area contributed by atoms with Crippen molar-refractivity contribution in [3.63, 3.8) is 0 Å². The van der Waals surface area contributed by atoms with Gasteiger partial charge in [-0.3, -0.25) is 5.10 Å². The summed E-state index contributed by atoms with van der Waals surface area (Å²) in [5, 5.41) is 21.9. The van der Waals surface area contributed by atoms with Crippen LogP contribution in [-0.2, 0) is 0 Å². The van der Waals surface area contributed by atoms with Crippen molar-refractivity contribution in [3.05, 3.63) is 60.9 Å². The minimum atomic E-state index is 0.282. The Balaban J connectivity index is 1.42. The Morgan fingerprint density at radius 2 is 1.94 bits per heavy atom. The number of nitrogens with one attached hydrogen (secondary N) is 1. The Hall–Kier alpha value is -3.81. The monoisotopic (exact) mass is 410 g/mol. The summed E-state index contributed by atoms with van der Waals surface area (Å²) >= 11 is 0. The number of benzene rings is 2. The van der Waals surface area contributed by atoms with E-state index in [1.807, 2.05) is 22.9 Å². The number of aromatic amines is 1. The topological polar surface area (TPSA) is 90.1 Å². The lowest BCUT2D eigenvalue weighted by Gasteiger charge is -2.10.